The molecule has 1 aliphatic rings. The Bertz CT molecular complexity index is 283. The molecule has 0 amide bonds. The van der Waals surface area contributed by atoms with Gasteiger partial charge in [-0.1, -0.05) is 6.07 Å². The van der Waals surface area contributed by atoms with Crippen LogP contribution in [0.1, 0.15) is 31.5 Å². The molecule has 1 aliphatic heterocycles. The summed E-state index contributed by atoms with van der Waals surface area (Å²) in [7, 11) is 0. The Kier molecular flexibility index (Phi) is 3.69. The van der Waals surface area contributed by atoms with E-state index in [0.29, 0.717) is 12.1 Å². The molecule has 0 saturated carbocycles. The molecule has 0 unspecified atom stereocenters. The Balaban J connectivity index is 1.79. The highest BCUT2D eigenvalue weighted by Crippen LogP contribution is 2.13. The SMILES string of the molecule is C[C@H](NC[C@@H]1CCCO1)c1ccccn1. The predicted molar refractivity (Wildman–Crippen MR) is 59.6 cm³/mol. The van der Waals surface area contributed by atoms with Crippen molar-refractivity contribution in [2.45, 2.75) is 31.9 Å². The molecule has 0 spiro atoms. The van der Waals surface area contributed by atoms with E-state index in [1.54, 1.807) is 0 Å². The number of rotatable bonds is 4. The molecule has 1 N–H and O–H groups in total. The van der Waals surface area contributed by atoms with E-state index < -0.39 is 0 Å². The van der Waals surface area contributed by atoms with Gasteiger partial charge in [-0.15, -0.1) is 0 Å². The lowest BCUT2D eigenvalue weighted by atomic mass is 10.2. The number of nitrogens with one attached hydrogen (secondary N) is 1. The van der Waals surface area contributed by atoms with Crippen LogP contribution >= 0.6 is 0 Å². The molecule has 3 heteroatoms. The molecule has 1 fully saturated rings. The molecule has 2 heterocycles. The highest BCUT2D eigenvalue weighted by atomic mass is 16.5. The van der Waals surface area contributed by atoms with Gasteiger partial charge in [-0.05, 0) is 31.9 Å². The molecule has 3 nitrogen and oxygen atoms in total. The molecular formula is C12H18N2O. The first-order chi connectivity index (χ1) is 7.36. The second-order valence-electron chi connectivity index (χ2n) is 4.02. The minimum Gasteiger partial charge on any atom is -0.377 e. The molecule has 0 aromatic carbocycles. The van der Waals surface area contributed by atoms with Crippen LogP contribution in [0, 0.1) is 0 Å². The summed E-state index contributed by atoms with van der Waals surface area (Å²) in [6, 6.07) is 6.31. The summed E-state index contributed by atoms with van der Waals surface area (Å²) >= 11 is 0. The van der Waals surface area contributed by atoms with E-state index in [0.717, 1.165) is 18.8 Å². The maximum atomic E-state index is 5.56. The second-order valence-corrected chi connectivity index (χ2v) is 4.02. The van der Waals surface area contributed by atoms with Gasteiger partial charge in [0.05, 0.1) is 11.8 Å². The van der Waals surface area contributed by atoms with Crippen LogP contribution in [0.2, 0.25) is 0 Å². The Morgan fingerprint density at radius 2 is 2.53 bits per heavy atom. The Morgan fingerprint density at radius 1 is 1.60 bits per heavy atom. The van der Waals surface area contributed by atoms with Crippen LogP contribution in [-0.4, -0.2) is 24.2 Å². The molecule has 1 saturated heterocycles. The van der Waals surface area contributed by atoms with E-state index in [9.17, 15) is 0 Å². The largest absolute Gasteiger partial charge is 0.377 e. The zero-order valence-corrected chi connectivity index (χ0v) is 9.15. The lowest BCUT2D eigenvalue weighted by molar-refractivity contribution is 0.108. The van der Waals surface area contributed by atoms with E-state index in [1.807, 2.05) is 24.4 Å². The van der Waals surface area contributed by atoms with Gasteiger partial charge in [-0.3, -0.25) is 4.98 Å². The van der Waals surface area contributed by atoms with Crippen LogP contribution in [0.3, 0.4) is 0 Å². The zero-order valence-electron chi connectivity index (χ0n) is 9.15. The maximum absolute atomic E-state index is 5.56. The van der Waals surface area contributed by atoms with Crippen molar-refractivity contribution in [2.24, 2.45) is 0 Å². The van der Waals surface area contributed by atoms with Crippen molar-refractivity contribution >= 4 is 0 Å². The first kappa shape index (κ1) is 10.6. The third-order valence-electron chi connectivity index (χ3n) is 2.81. The van der Waals surface area contributed by atoms with Crippen LogP contribution < -0.4 is 5.32 Å². The van der Waals surface area contributed by atoms with Crippen molar-refractivity contribution in [3.05, 3.63) is 30.1 Å². The van der Waals surface area contributed by atoms with Gasteiger partial charge in [-0.25, -0.2) is 0 Å². The summed E-state index contributed by atoms with van der Waals surface area (Å²) in [5.41, 5.74) is 1.09. The maximum Gasteiger partial charge on any atom is 0.0700 e. The highest BCUT2D eigenvalue weighted by molar-refractivity contribution is 5.07. The average molecular weight is 206 g/mol. The zero-order chi connectivity index (χ0) is 10.5. The number of nitrogens with zero attached hydrogens (tertiary/aromatic N) is 1. The Hall–Kier alpha value is -0.930. The van der Waals surface area contributed by atoms with Crippen LogP contribution in [0.25, 0.3) is 0 Å². The minimum atomic E-state index is 0.301. The number of pyridine rings is 1. The second kappa shape index (κ2) is 5.24. The van der Waals surface area contributed by atoms with Crippen molar-refractivity contribution in [1.29, 1.82) is 0 Å². The van der Waals surface area contributed by atoms with Crippen LogP contribution in [0.15, 0.2) is 24.4 Å². The highest BCUT2D eigenvalue weighted by Gasteiger charge is 2.16. The monoisotopic (exact) mass is 206 g/mol. The summed E-state index contributed by atoms with van der Waals surface area (Å²) in [6.07, 6.45) is 4.61. The van der Waals surface area contributed by atoms with E-state index in [2.05, 4.69) is 17.2 Å². The predicted octanol–water partition coefficient (Wildman–Crippen LogP) is 1.91. The molecule has 0 aliphatic carbocycles. The molecule has 15 heavy (non-hydrogen) atoms. The van der Waals surface area contributed by atoms with E-state index in [-0.39, 0.29) is 0 Å². The van der Waals surface area contributed by atoms with Gasteiger partial charge in [0.15, 0.2) is 0 Å². The van der Waals surface area contributed by atoms with Gasteiger partial charge >= 0.3 is 0 Å². The Labute approximate surface area is 90.9 Å². The van der Waals surface area contributed by atoms with Gasteiger partial charge in [0, 0.05) is 25.4 Å². The number of hydrogen-bond acceptors (Lipinski definition) is 3. The van der Waals surface area contributed by atoms with Crippen molar-refractivity contribution in [3.8, 4) is 0 Å². The lowest BCUT2D eigenvalue weighted by Gasteiger charge is -2.16. The number of hydrogen-bond donors (Lipinski definition) is 1. The number of aromatic nitrogens is 1. The summed E-state index contributed by atoms with van der Waals surface area (Å²) < 4.78 is 5.56. The third kappa shape index (κ3) is 3.01. The van der Waals surface area contributed by atoms with Crippen LogP contribution in [0.4, 0.5) is 0 Å². The standard InChI is InChI=1S/C12H18N2O/c1-10(12-6-2-3-7-13-12)14-9-11-5-4-8-15-11/h2-3,6-7,10-11,14H,4-5,8-9H2,1H3/t10-,11-/m0/s1. The lowest BCUT2D eigenvalue weighted by Crippen LogP contribution is -2.29. The van der Waals surface area contributed by atoms with Gasteiger partial charge < -0.3 is 10.1 Å². The summed E-state index contributed by atoms with van der Waals surface area (Å²) in [6.45, 7) is 3.99. The van der Waals surface area contributed by atoms with Gasteiger partial charge in [0.25, 0.3) is 0 Å². The molecule has 82 valence electrons. The van der Waals surface area contributed by atoms with E-state index >= 15 is 0 Å². The van der Waals surface area contributed by atoms with Crippen molar-refractivity contribution < 1.29 is 4.74 Å². The smallest absolute Gasteiger partial charge is 0.0700 e. The number of ether oxygens (including phenoxy) is 1. The molecule has 1 aromatic heterocycles. The molecule has 0 radical (unpaired) electrons. The van der Waals surface area contributed by atoms with Crippen molar-refractivity contribution in [1.82, 2.24) is 10.3 Å². The normalized spacial score (nSPS) is 22.9. The van der Waals surface area contributed by atoms with Gasteiger partial charge in [0.2, 0.25) is 0 Å². The topological polar surface area (TPSA) is 34.1 Å². The molecular weight excluding hydrogens is 188 g/mol. The van der Waals surface area contributed by atoms with Gasteiger partial charge in [-0.2, -0.15) is 0 Å². The fourth-order valence-electron chi connectivity index (χ4n) is 1.85. The fraction of sp³-hybridized carbons (Fsp3) is 0.583. The third-order valence-corrected chi connectivity index (χ3v) is 2.81. The molecule has 1 aromatic rings. The summed E-state index contributed by atoms with van der Waals surface area (Å²) in [5.74, 6) is 0. The molecule has 2 rings (SSSR count). The Morgan fingerprint density at radius 3 is 3.20 bits per heavy atom. The first-order valence-electron chi connectivity index (χ1n) is 5.62. The molecule has 2 atom stereocenters. The first-order valence-corrected chi connectivity index (χ1v) is 5.62. The quantitative estimate of drug-likeness (QED) is 0.817. The van der Waals surface area contributed by atoms with Crippen LogP contribution in [0.5, 0.6) is 0 Å². The van der Waals surface area contributed by atoms with E-state index in [1.165, 1.54) is 12.8 Å². The fourth-order valence-corrected chi connectivity index (χ4v) is 1.85. The van der Waals surface area contributed by atoms with Gasteiger partial charge in [0.1, 0.15) is 0 Å². The molecule has 0 bridgehead atoms. The minimum absolute atomic E-state index is 0.301. The average Bonchev–Trinajstić information content (AvgIpc) is 2.80. The van der Waals surface area contributed by atoms with Crippen molar-refractivity contribution in [3.63, 3.8) is 0 Å². The van der Waals surface area contributed by atoms with Crippen molar-refractivity contribution in [2.75, 3.05) is 13.2 Å². The summed E-state index contributed by atoms with van der Waals surface area (Å²) in [5, 5.41) is 3.45. The van der Waals surface area contributed by atoms with Crippen LogP contribution in [-0.2, 0) is 4.74 Å². The summed E-state index contributed by atoms with van der Waals surface area (Å²) in [4.78, 5) is 4.32. The van der Waals surface area contributed by atoms with E-state index in [4.69, 9.17) is 4.74 Å².